The molecule has 0 heterocycles. The number of aliphatic hydroxyl groups excluding tert-OH is 1. The van der Waals surface area contributed by atoms with Crippen molar-refractivity contribution in [1.82, 2.24) is 0 Å². The molecule has 0 radical (unpaired) electrons. The van der Waals surface area contributed by atoms with Crippen LogP contribution in [0.15, 0.2) is 24.3 Å². The first-order valence-corrected chi connectivity index (χ1v) is 7.41. The van der Waals surface area contributed by atoms with Crippen LogP contribution in [0.4, 0.5) is 13.2 Å². The van der Waals surface area contributed by atoms with Crippen molar-refractivity contribution in [3.05, 3.63) is 29.8 Å². The third-order valence-corrected chi connectivity index (χ3v) is 3.37. The lowest BCUT2D eigenvalue weighted by atomic mass is 9.93. The zero-order valence-electron chi connectivity index (χ0n) is 12.8. The molecule has 1 aromatic rings. The van der Waals surface area contributed by atoms with E-state index in [1.54, 1.807) is 6.07 Å². The Kier molecular flexibility index (Phi) is 7.26. The van der Waals surface area contributed by atoms with Crippen LogP contribution in [0.2, 0.25) is 0 Å². The molecule has 0 saturated heterocycles. The van der Waals surface area contributed by atoms with E-state index < -0.39 is 12.5 Å². The molecular formula is C17H21F3O2. The van der Waals surface area contributed by atoms with Crippen molar-refractivity contribution in [1.29, 1.82) is 0 Å². The summed E-state index contributed by atoms with van der Waals surface area (Å²) in [4.78, 5) is 0. The number of halogens is 3. The van der Waals surface area contributed by atoms with Crippen molar-refractivity contribution in [2.24, 2.45) is 5.92 Å². The minimum atomic E-state index is -4.76. The number of para-hydroxylation sites is 1. The van der Waals surface area contributed by atoms with Crippen LogP contribution in [0, 0.1) is 17.8 Å². The Labute approximate surface area is 129 Å². The van der Waals surface area contributed by atoms with E-state index >= 15 is 0 Å². The SMILES string of the molecule is CCCCC(CC)C(O)C#Cc1ccccc1OC(F)(F)F. The first kappa shape index (κ1) is 18.4. The number of unbranched alkanes of at least 4 members (excludes halogenated alkanes) is 1. The average molecular weight is 314 g/mol. The van der Waals surface area contributed by atoms with Crippen LogP contribution in [0.25, 0.3) is 0 Å². The molecule has 5 heteroatoms. The van der Waals surface area contributed by atoms with Gasteiger partial charge in [0.1, 0.15) is 11.9 Å². The van der Waals surface area contributed by atoms with Gasteiger partial charge in [-0.25, -0.2) is 0 Å². The van der Waals surface area contributed by atoms with Crippen molar-refractivity contribution in [3.63, 3.8) is 0 Å². The van der Waals surface area contributed by atoms with Crippen molar-refractivity contribution in [3.8, 4) is 17.6 Å². The minimum absolute atomic E-state index is 0.0307. The Hall–Kier alpha value is -1.67. The van der Waals surface area contributed by atoms with Crippen LogP contribution in [0.3, 0.4) is 0 Å². The van der Waals surface area contributed by atoms with Crippen LogP contribution in [0.5, 0.6) is 5.75 Å². The highest BCUT2D eigenvalue weighted by Gasteiger charge is 2.31. The van der Waals surface area contributed by atoms with E-state index in [4.69, 9.17) is 0 Å². The molecule has 0 bridgehead atoms. The second-order valence-electron chi connectivity index (χ2n) is 5.07. The normalized spacial score (nSPS) is 13.9. The molecule has 2 atom stereocenters. The van der Waals surface area contributed by atoms with Gasteiger partial charge in [-0.2, -0.15) is 0 Å². The molecule has 0 fully saturated rings. The van der Waals surface area contributed by atoms with Crippen LogP contribution < -0.4 is 4.74 Å². The van der Waals surface area contributed by atoms with Crippen molar-refractivity contribution in [2.45, 2.75) is 52.0 Å². The standard InChI is InChI=1S/C17H21F3O2/c1-3-5-8-13(4-2)15(21)12-11-14-9-6-7-10-16(14)22-17(18,19)20/h6-7,9-10,13,15,21H,3-5,8H2,1-2H3. The lowest BCUT2D eigenvalue weighted by molar-refractivity contribution is -0.274. The lowest BCUT2D eigenvalue weighted by Crippen LogP contribution is -2.18. The van der Waals surface area contributed by atoms with E-state index in [-0.39, 0.29) is 17.2 Å². The van der Waals surface area contributed by atoms with Crippen molar-refractivity contribution >= 4 is 0 Å². The molecule has 0 amide bonds. The molecule has 0 aliphatic heterocycles. The van der Waals surface area contributed by atoms with Gasteiger partial charge in [-0.3, -0.25) is 0 Å². The second-order valence-corrected chi connectivity index (χ2v) is 5.07. The van der Waals surface area contributed by atoms with Gasteiger partial charge < -0.3 is 9.84 Å². The molecule has 0 saturated carbocycles. The van der Waals surface area contributed by atoms with E-state index in [1.807, 2.05) is 6.92 Å². The van der Waals surface area contributed by atoms with Gasteiger partial charge in [-0.15, -0.1) is 13.2 Å². The summed E-state index contributed by atoms with van der Waals surface area (Å²) in [5, 5.41) is 10.1. The van der Waals surface area contributed by atoms with Gasteiger partial charge in [-0.05, 0) is 30.9 Å². The summed E-state index contributed by atoms with van der Waals surface area (Å²) in [5.74, 6) is 4.93. The van der Waals surface area contributed by atoms with Crippen LogP contribution >= 0.6 is 0 Å². The number of hydrogen-bond acceptors (Lipinski definition) is 2. The van der Waals surface area contributed by atoms with Gasteiger partial charge in [0.25, 0.3) is 0 Å². The number of alkyl halides is 3. The third kappa shape index (κ3) is 6.40. The molecule has 0 aromatic heterocycles. The van der Waals surface area contributed by atoms with Crippen molar-refractivity contribution < 1.29 is 23.0 Å². The van der Waals surface area contributed by atoms with Crippen molar-refractivity contribution in [2.75, 3.05) is 0 Å². The Morgan fingerprint density at radius 2 is 1.91 bits per heavy atom. The molecular weight excluding hydrogens is 293 g/mol. The highest BCUT2D eigenvalue weighted by atomic mass is 19.4. The number of hydrogen-bond donors (Lipinski definition) is 1. The smallest absolute Gasteiger partial charge is 0.404 e. The highest BCUT2D eigenvalue weighted by Crippen LogP contribution is 2.25. The summed E-state index contributed by atoms with van der Waals surface area (Å²) in [6.07, 6.45) is -1.97. The predicted molar refractivity (Wildman–Crippen MR) is 79.3 cm³/mol. The van der Waals surface area contributed by atoms with Gasteiger partial charge in [0.05, 0.1) is 5.56 Å². The fraction of sp³-hybridized carbons (Fsp3) is 0.529. The molecule has 1 rings (SSSR count). The van der Waals surface area contributed by atoms with E-state index in [1.165, 1.54) is 18.2 Å². The maximum Gasteiger partial charge on any atom is 0.573 e. The third-order valence-electron chi connectivity index (χ3n) is 3.37. The van der Waals surface area contributed by atoms with E-state index in [0.29, 0.717) is 0 Å². The minimum Gasteiger partial charge on any atom is -0.404 e. The Bertz CT molecular complexity index is 515. The highest BCUT2D eigenvalue weighted by molar-refractivity contribution is 5.46. The summed E-state index contributed by atoms with van der Waals surface area (Å²) in [7, 11) is 0. The summed E-state index contributed by atoms with van der Waals surface area (Å²) in [5.41, 5.74) is 0.115. The van der Waals surface area contributed by atoms with Gasteiger partial charge in [-0.1, -0.05) is 50.7 Å². The molecule has 0 aliphatic rings. The van der Waals surface area contributed by atoms with E-state index in [9.17, 15) is 18.3 Å². The maximum absolute atomic E-state index is 12.3. The molecule has 0 aliphatic carbocycles. The molecule has 2 unspecified atom stereocenters. The van der Waals surface area contributed by atoms with Crippen LogP contribution in [-0.2, 0) is 0 Å². The van der Waals surface area contributed by atoms with Gasteiger partial charge in [0, 0.05) is 0 Å². The summed E-state index contributed by atoms with van der Waals surface area (Å²) < 4.78 is 40.9. The van der Waals surface area contributed by atoms with E-state index in [0.717, 1.165) is 25.7 Å². The molecule has 122 valence electrons. The van der Waals surface area contributed by atoms with Crippen LogP contribution in [0.1, 0.15) is 45.1 Å². The first-order valence-electron chi connectivity index (χ1n) is 7.41. The number of aliphatic hydroxyl groups is 1. The Morgan fingerprint density at radius 1 is 1.23 bits per heavy atom. The molecule has 0 spiro atoms. The van der Waals surface area contributed by atoms with Gasteiger partial charge in [0.2, 0.25) is 0 Å². The molecule has 1 N–H and O–H groups in total. The zero-order chi connectivity index (χ0) is 16.6. The second kappa shape index (κ2) is 8.70. The number of ether oxygens (including phenoxy) is 1. The first-order chi connectivity index (χ1) is 10.4. The van der Waals surface area contributed by atoms with Gasteiger partial charge >= 0.3 is 6.36 Å². The number of rotatable bonds is 6. The maximum atomic E-state index is 12.3. The van der Waals surface area contributed by atoms with Crippen LogP contribution in [-0.4, -0.2) is 17.6 Å². The Morgan fingerprint density at radius 3 is 2.50 bits per heavy atom. The molecule has 22 heavy (non-hydrogen) atoms. The fourth-order valence-electron chi connectivity index (χ4n) is 2.10. The summed E-state index contributed by atoms with van der Waals surface area (Å²) in [6, 6.07) is 5.67. The van der Waals surface area contributed by atoms with Gasteiger partial charge in [0.15, 0.2) is 0 Å². The molecule has 2 nitrogen and oxygen atoms in total. The topological polar surface area (TPSA) is 29.5 Å². The predicted octanol–water partition coefficient (Wildman–Crippen LogP) is 4.51. The lowest BCUT2D eigenvalue weighted by Gasteiger charge is -2.16. The largest absolute Gasteiger partial charge is 0.573 e. The van der Waals surface area contributed by atoms with E-state index in [2.05, 4.69) is 23.5 Å². The molecule has 1 aromatic carbocycles. The monoisotopic (exact) mass is 314 g/mol. The summed E-state index contributed by atoms with van der Waals surface area (Å²) >= 11 is 0. The quantitative estimate of drug-likeness (QED) is 0.783. The number of benzene rings is 1. The fourth-order valence-corrected chi connectivity index (χ4v) is 2.10. The average Bonchev–Trinajstić information content (AvgIpc) is 2.45. The Balaban J connectivity index is 2.86. The summed E-state index contributed by atoms with van der Waals surface area (Å²) in [6.45, 7) is 4.03. The zero-order valence-corrected chi connectivity index (χ0v) is 12.8.